The van der Waals surface area contributed by atoms with E-state index in [0.717, 1.165) is 0 Å². The summed E-state index contributed by atoms with van der Waals surface area (Å²) in [7, 11) is 1.48. The number of carboxylic acids is 1. The number of hydrogen-bond donors (Lipinski definition) is 3. The van der Waals surface area contributed by atoms with Gasteiger partial charge >= 0.3 is 5.97 Å². The number of likely N-dealkylation sites (N-methyl/N-ethyl adjacent to an activating group) is 1. The van der Waals surface area contributed by atoms with Crippen LogP contribution in [0.3, 0.4) is 0 Å². The molecule has 0 heterocycles. The van der Waals surface area contributed by atoms with Crippen LogP contribution in [-0.2, 0) is 4.79 Å². The molecule has 0 rings (SSSR count). The Bertz CT molecular complexity index is 79.4. The van der Waals surface area contributed by atoms with Crippen LogP contribution in [0.2, 0.25) is 0 Å². The Labute approximate surface area is 47.1 Å². The van der Waals surface area contributed by atoms with Crippen molar-refractivity contribution in [1.29, 1.82) is 0 Å². The van der Waals surface area contributed by atoms with E-state index in [4.69, 9.17) is 10.2 Å². The topological polar surface area (TPSA) is 69.6 Å². The number of rotatable bonds is 3. The molecular formula is C4H9NO3. The summed E-state index contributed by atoms with van der Waals surface area (Å²) in [6.45, 7) is -0.369. The SMILES string of the molecule is CN[C@H](CO)C(=O)O. The summed E-state index contributed by atoms with van der Waals surface area (Å²) in [5.74, 6) is -1.03. The predicted octanol–water partition coefficient (Wildman–Crippen LogP) is -1.35. The smallest absolute Gasteiger partial charge is 0.323 e. The molecule has 1 atom stereocenters. The highest BCUT2D eigenvalue weighted by molar-refractivity contribution is 5.73. The van der Waals surface area contributed by atoms with E-state index >= 15 is 0 Å². The average Bonchev–Trinajstić information content (AvgIpc) is 1.69. The number of aliphatic hydroxyl groups excluding tert-OH is 1. The fourth-order valence-electron chi connectivity index (χ4n) is 0.293. The van der Waals surface area contributed by atoms with E-state index in [1.807, 2.05) is 0 Å². The third-order valence-electron chi connectivity index (χ3n) is 0.829. The first-order valence-corrected chi connectivity index (χ1v) is 2.23. The van der Waals surface area contributed by atoms with Gasteiger partial charge in [0.2, 0.25) is 0 Å². The molecule has 0 aromatic heterocycles. The molecule has 0 aliphatic rings. The van der Waals surface area contributed by atoms with E-state index in [-0.39, 0.29) is 6.61 Å². The average molecular weight is 119 g/mol. The number of aliphatic carboxylic acids is 1. The molecule has 0 aromatic carbocycles. The second-order valence-corrected chi connectivity index (χ2v) is 1.36. The Morgan fingerprint density at radius 1 is 1.88 bits per heavy atom. The van der Waals surface area contributed by atoms with Crippen molar-refractivity contribution in [3.63, 3.8) is 0 Å². The van der Waals surface area contributed by atoms with E-state index in [9.17, 15) is 4.79 Å². The lowest BCUT2D eigenvalue weighted by Gasteiger charge is -2.04. The van der Waals surface area contributed by atoms with Gasteiger partial charge in [-0.05, 0) is 7.05 Å². The van der Waals surface area contributed by atoms with Gasteiger partial charge in [-0.3, -0.25) is 4.79 Å². The van der Waals surface area contributed by atoms with E-state index in [1.165, 1.54) is 7.05 Å². The monoisotopic (exact) mass is 119 g/mol. The lowest BCUT2D eigenvalue weighted by atomic mass is 10.3. The van der Waals surface area contributed by atoms with Crippen molar-refractivity contribution < 1.29 is 15.0 Å². The van der Waals surface area contributed by atoms with E-state index in [0.29, 0.717) is 0 Å². The first-order chi connectivity index (χ1) is 3.72. The second kappa shape index (κ2) is 3.40. The third-order valence-corrected chi connectivity index (χ3v) is 0.829. The number of aliphatic hydroxyl groups is 1. The summed E-state index contributed by atoms with van der Waals surface area (Å²) in [6.07, 6.45) is 0. The Morgan fingerprint density at radius 3 is 2.38 bits per heavy atom. The van der Waals surface area contributed by atoms with Gasteiger partial charge in [0.15, 0.2) is 0 Å². The molecule has 0 bridgehead atoms. The molecule has 3 N–H and O–H groups in total. The van der Waals surface area contributed by atoms with Crippen LogP contribution in [-0.4, -0.2) is 35.9 Å². The van der Waals surface area contributed by atoms with Crippen LogP contribution in [0.4, 0.5) is 0 Å². The molecule has 0 amide bonds. The Hall–Kier alpha value is -0.610. The van der Waals surface area contributed by atoms with Crippen molar-refractivity contribution in [2.24, 2.45) is 0 Å². The van der Waals surface area contributed by atoms with E-state index in [2.05, 4.69) is 5.32 Å². The van der Waals surface area contributed by atoms with Crippen LogP contribution in [0.15, 0.2) is 0 Å². The van der Waals surface area contributed by atoms with Crippen molar-refractivity contribution in [1.82, 2.24) is 5.32 Å². The number of nitrogens with one attached hydrogen (secondary N) is 1. The summed E-state index contributed by atoms with van der Waals surface area (Å²) in [5.41, 5.74) is 0. The van der Waals surface area contributed by atoms with Crippen LogP contribution >= 0.6 is 0 Å². The fourth-order valence-corrected chi connectivity index (χ4v) is 0.293. The zero-order valence-electron chi connectivity index (χ0n) is 4.59. The Morgan fingerprint density at radius 2 is 2.38 bits per heavy atom. The lowest BCUT2D eigenvalue weighted by molar-refractivity contribution is -0.140. The van der Waals surface area contributed by atoms with Crippen molar-refractivity contribution in [3.05, 3.63) is 0 Å². The van der Waals surface area contributed by atoms with Crippen LogP contribution in [0.5, 0.6) is 0 Å². The fraction of sp³-hybridized carbons (Fsp3) is 0.750. The van der Waals surface area contributed by atoms with Crippen LogP contribution < -0.4 is 5.32 Å². The molecule has 48 valence electrons. The minimum atomic E-state index is -1.03. The van der Waals surface area contributed by atoms with Gasteiger partial charge in [-0.2, -0.15) is 0 Å². The van der Waals surface area contributed by atoms with Gasteiger partial charge in [0.25, 0.3) is 0 Å². The zero-order valence-corrected chi connectivity index (χ0v) is 4.59. The number of hydrogen-bond acceptors (Lipinski definition) is 3. The van der Waals surface area contributed by atoms with Gasteiger partial charge in [-0.1, -0.05) is 0 Å². The minimum Gasteiger partial charge on any atom is -0.480 e. The van der Waals surface area contributed by atoms with Crippen LogP contribution in [0.25, 0.3) is 0 Å². The predicted molar refractivity (Wildman–Crippen MR) is 27.6 cm³/mol. The molecular weight excluding hydrogens is 110 g/mol. The summed E-state index contributed by atoms with van der Waals surface area (Å²) < 4.78 is 0. The first kappa shape index (κ1) is 7.39. The Balaban J connectivity index is 3.52. The maximum Gasteiger partial charge on any atom is 0.323 e. The number of carboxylic acid groups (broad SMARTS) is 1. The molecule has 0 aromatic rings. The lowest BCUT2D eigenvalue weighted by Crippen LogP contribution is -2.36. The zero-order chi connectivity index (χ0) is 6.57. The van der Waals surface area contributed by atoms with Gasteiger partial charge < -0.3 is 15.5 Å². The van der Waals surface area contributed by atoms with Gasteiger partial charge in [-0.25, -0.2) is 0 Å². The van der Waals surface area contributed by atoms with E-state index < -0.39 is 12.0 Å². The molecule has 4 heteroatoms. The van der Waals surface area contributed by atoms with Gasteiger partial charge in [-0.15, -0.1) is 0 Å². The van der Waals surface area contributed by atoms with Crippen molar-refractivity contribution in [2.45, 2.75) is 6.04 Å². The van der Waals surface area contributed by atoms with E-state index in [1.54, 1.807) is 0 Å². The molecule has 0 aliphatic heterocycles. The highest BCUT2D eigenvalue weighted by Gasteiger charge is 2.11. The maximum absolute atomic E-state index is 9.94. The summed E-state index contributed by atoms with van der Waals surface area (Å²) in [5, 5.41) is 18.8. The normalized spacial score (nSPS) is 13.2. The van der Waals surface area contributed by atoms with Crippen molar-refractivity contribution in [3.8, 4) is 0 Å². The molecule has 0 spiro atoms. The molecule has 0 saturated heterocycles. The minimum absolute atomic E-state index is 0.369. The van der Waals surface area contributed by atoms with Crippen LogP contribution in [0.1, 0.15) is 0 Å². The number of carbonyl (C=O) groups is 1. The first-order valence-electron chi connectivity index (χ1n) is 2.23. The molecule has 0 radical (unpaired) electrons. The quantitative estimate of drug-likeness (QED) is 0.429. The highest BCUT2D eigenvalue weighted by Crippen LogP contribution is 1.76. The standard InChI is InChI=1S/C4H9NO3/c1-5-3(2-6)4(7)8/h3,5-6H,2H2,1H3,(H,7,8)/t3-/m1/s1. The van der Waals surface area contributed by atoms with Crippen LogP contribution in [0, 0.1) is 0 Å². The molecule has 0 fully saturated rings. The van der Waals surface area contributed by atoms with Crippen molar-refractivity contribution >= 4 is 5.97 Å². The summed E-state index contributed by atoms with van der Waals surface area (Å²) in [6, 6.07) is -0.824. The van der Waals surface area contributed by atoms with Gasteiger partial charge in [0.05, 0.1) is 6.61 Å². The molecule has 0 unspecified atom stereocenters. The summed E-state index contributed by atoms with van der Waals surface area (Å²) in [4.78, 5) is 9.94. The highest BCUT2D eigenvalue weighted by atomic mass is 16.4. The Kier molecular flexibility index (Phi) is 3.14. The third kappa shape index (κ3) is 1.90. The molecule has 0 aliphatic carbocycles. The molecule has 0 saturated carbocycles. The van der Waals surface area contributed by atoms with Crippen molar-refractivity contribution in [2.75, 3.05) is 13.7 Å². The van der Waals surface area contributed by atoms with Gasteiger partial charge in [0.1, 0.15) is 6.04 Å². The second-order valence-electron chi connectivity index (χ2n) is 1.36. The summed E-state index contributed by atoms with van der Waals surface area (Å²) >= 11 is 0. The van der Waals surface area contributed by atoms with Gasteiger partial charge in [0, 0.05) is 0 Å². The maximum atomic E-state index is 9.94. The molecule has 4 nitrogen and oxygen atoms in total. The largest absolute Gasteiger partial charge is 0.480 e. The molecule has 8 heavy (non-hydrogen) atoms.